The van der Waals surface area contributed by atoms with Gasteiger partial charge in [0.05, 0.1) is 12.7 Å². The van der Waals surface area contributed by atoms with Crippen LogP contribution >= 0.6 is 0 Å². The number of likely N-dealkylation sites (tertiary alicyclic amines) is 1. The molecule has 1 aromatic rings. The molecule has 1 saturated heterocycles. The zero-order valence-corrected chi connectivity index (χ0v) is 11.0. The lowest BCUT2D eigenvalue weighted by molar-refractivity contribution is 0.0883. The van der Waals surface area contributed by atoms with Gasteiger partial charge in [-0.15, -0.1) is 0 Å². The smallest absolute Gasteiger partial charge is 0.322 e. The fraction of sp³-hybridized carbons (Fsp3) is 0.538. The zero-order chi connectivity index (χ0) is 13.7. The maximum absolute atomic E-state index is 12.1. The van der Waals surface area contributed by atoms with Crippen LogP contribution in [0, 0.1) is 0 Å². The second-order valence-corrected chi connectivity index (χ2v) is 4.46. The number of rotatable bonds is 3. The fourth-order valence-electron chi connectivity index (χ4n) is 2.07. The normalized spacial score (nSPS) is 19.1. The average Bonchev–Trinajstić information content (AvgIpc) is 2.41. The van der Waals surface area contributed by atoms with Gasteiger partial charge < -0.3 is 20.1 Å². The molecular weight excluding hydrogens is 246 g/mol. The summed E-state index contributed by atoms with van der Waals surface area (Å²) in [5.74, 6) is 0.413. The van der Waals surface area contributed by atoms with Crippen molar-refractivity contribution in [3.05, 3.63) is 18.3 Å². The van der Waals surface area contributed by atoms with Crippen LogP contribution in [0.5, 0.6) is 5.88 Å². The van der Waals surface area contributed by atoms with Crippen molar-refractivity contribution in [2.45, 2.75) is 25.9 Å². The van der Waals surface area contributed by atoms with Crippen LogP contribution in [0.3, 0.4) is 0 Å². The van der Waals surface area contributed by atoms with Crippen molar-refractivity contribution in [2.75, 3.05) is 25.0 Å². The molecule has 2 heterocycles. The van der Waals surface area contributed by atoms with Gasteiger partial charge in [0, 0.05) is 19.3 Å². The number of β-amino-alcohol motifs (C(OH)–C–C–N with tert-alkyl or cyclic N) is 1. The maximum atomic E-state index is 12.1. The Balaban J connectivity index is 2.02. The molecule has 0 saturated carbocycles. The van der Waals surface area contributed by atoms with E-state index in [0.717, 1.165) is 12.8 Å². The van der Waals surface area contributed by atoms with Crippen molar-refractivity contribution in [3.63, 3.8) is 0 Å². The van der Waals surface area contributed by atoms with Gasteiger partial charge in [0.1, 0.15) is 5.69 Å². The molecular formula is C13H19N3O3. The fourth-order valence-corrected chi connectivity index (χ4v) is 2.07. The third-order valence-electron chi connectivity index (χ3n) is 2.98. The van der Waals surface area contributed by atoms with Crippen molar-refractivity contribution in [3.8, 4) is 5.88 Å². The van der Waals surface area contributed by atoms with Crippen LogP contribution < -0.4 is 10.1 Å². The lowest BCUT2D eigenvalue weighted by atomic mass is 10.1. The van der Waals surface area contributed by atoms with Crippen LogP contribution in [0.25, 0.3) is 0 Å². The van der Waals surface area contributed by atoms with Gasteiger partial charge in [0.25, 0.3) is 0 Å². The molecule has 0 unspecified atom stereocenters. The summed E-state index contributed by atoms with van der Waals surface area (Å²) in [7, 11) is 0. The van der Waals surface area contributed by atoms with Crippen molar-refractivity contribution in [2.24, 2.45) is 0 Å². The number of hydrogen-bond acceptors (Lipinski definition) is 4. The summed E-state index contributed by atoms with van der Waals surface area (Å²) < 4.78 is 5.35. The average molecular weight is 265 g/mol. The number of carbonyl (C=O) groups is 1. The number of pyridine rings is 1. The van der Waals surface area contributed by atoms with Gasteiger partial charge in [-0.3, -0.25) is 0 Å². The summed E-state index contributed by atoms with van der Waals surface area (Å²) in [6.07, 6.45) is 2.76. The number of aromatic nitrogens is 1. The van der Waals surface area contributed by atoms with Crippen LogP contribution in [-0.2, 0) is 0 Å². The van der Waals surface area contributed by atoms with Gasteiger partial charge in [-0.2, -0.15) is 0 Å². The predicted molar refractivity (Wildman–Crippen MR) is 71.2 cm³/mol. The Kier molecular flexibility index (Phi) is 4.57. The first kappa shape index (κ1) is 13.6. The van der Waals surface area contributed by atoms with Gasteiger partial charge in [-0.25, -0.2) is 9.78 Å². The summed E-state index contributed by atoms with van der Waals surface area (Å²) in [4.78, 5) is 17.8. The molecule has 2 N–H and O–H groups in total. The number of urea groups is 1. The van der Waals surface area contributed by atoms with Gasteiger partial charge in [0.2, 0.25) is 5.88 Å². The van der Waals surface area contributed by atoms with E-state index in [2.05, 4.69) is 10.3 Å². The van der Waals surface area contributed by atoms with E-state index in [1.54, 1.807) is 23.2 Å². The summed E-state index contributed by atoms with van der Waals surface area (Å²) in [5.41, 5.74) is 0.550. The van der Waals surface area contributed by atoms with Crippen molar-refractivity contribution < 1.29 is 14.6 Å². The predicted octanol–water partition coefficient (Wildman–Crippen LogP) is 1.47. The molecule has 19 heavy (non-hydrogen) atoms. The molecule has 0 radical (unpaired) electrons. The number of amides is 2. The highest BCUT2D eigenvalue weighted by Crippen LogP contribution is 2.21. The van der Waals surface area contributed by atoms with Crippen LogP contribution in [0.15, 0.2) is 18.3 Å². The van der Waals surface area contributed by atoms with Crippen LogP contribution in [0.4, 0.5) is 10.5 Å². The molecule has 0 aromatic carbocycles. The number of aliphatic hydroxyl groups excluding tert-OH is 1. The summed E-state index contributed by atoms with van der Waals surface area (Å²) in [5, 5.41) is 12.3. The molecule has 1 aliphatic heterocycles. The van der Waals surface area contributed by atoms with E-state index in [0.29, 0.717) is 31.3 Å². The van der Waals surface area contributed by atoms with Gasteiger partial charge >= 0.3 is 6.03 Å². The van der Waals surface area contributed by atoms with Crippen LogP contribution in [0.1, 0.15) is 19.8 Å². The Labute approximate surface area is 112 Å². The summed E-state index contributed by atoms with van der Waals surface area (Å²) in [6.45, 7) is 3.38. The van der Waals surface area contributed by atoms with E-state index < -0.39 is 6.10 Å². The van der Waals surface area contributed by atoms with Crippen LogP contribution in [0.2, 0.25) is 0 Å². The molecule has 2 amide bonds. The lowest BCUT2D eigenvalue weighted by Crippen LogP contribution is -2.44. The quantitative estimate of drug-likeness (QED) is 0.868. The van der Waals surface area contributed by atoms with E-state index in [4.69, 9.17) is 4.74 Å². The first-order valence-electron chi connectivity index (χ1n) is 6.52. The third kappa shape index (κ3) is 3.57. The number of ether oxygens (including phenoxy) is 1. The highest BCUT2D eigenvalue weighted by Gasteiger charge is 2.22. The Morgan fingerprint density at radius 2 is 2.53 bits per heavy atom. The molecule has 0 spiro atoms. The summed E-state index contributed by atoms with van der Waals surface area (Å²) >= 11 is 0. The highest BCUT2D eigenvalue weighted by molar-refractivity contribution is 5.90. The van der Waals surface area contributed by atoms with E-state index in [9.17, 15) is 9.90 Å². The molecule has 1 atom stereocenters. The minimum atomic E-state index is -0.431. The standard InChI is InChI=1S/C13H19N3O3/c1-2-19-12-11(6-3-7-14-12)15-13(18)16-8-4-5-10(17)9-16/h3,6-7,10,17H,2,4-5,8-9H2,1H3,(H,15,18)/t10-/m0/s1. The Morgan fingerprint density at radius 3 is 3.26 bits per heavy atom. The first-order valence-corrected chi connectivity index (χ1v) is 6.52. The Bertz CT molecular complexity index is 439. The Morgan fingerprint density at radius 1 is 1.68 bits per heavy atom. The van der Waals surface area contributed by atoms with Crippen molar-refractivity contribution in [1.82, 2.24) is 9.88 Å². The van der Waals surface area contributed by atoms with E-state index >= 15 is 0 Å². The van der Waals surface area contributed by atoms with Gasteiger partial charge in [0.15, 0.2) is 0 Å². The topological polar surface area (TPSA) is 74.7 Å². The molecule has 6 heteroatoms. The first-order chi connectivity index (χ1) is 9.20. The van der Waals surface area contributed by atoms with E-state index in [-0.39, 0.29) is 6.03 Å². The molecule has 2 rings (SSSR count). The minimum absolute atomic E-state index is 0.229. The number of nitrogens with one attached hydrogen (secondary N) is 1. The van der Waals surface area contributed by atoms with Gasteiger partial charge in [-0.1, -0.05) is 0 Å². The van der Waals surface area contributed by atoms with Crippen molar-refractivity contribution in [1.29, 1.82) is 0 Å². The summed E-state index contributed by atoms with van der Waals surface area (Å²) in [6, 6.07) is 3.26. The number of nitrogens with zero attached hydrogens (tertiary/aromatic N) is 2. The monoisotopic (exact) mass is 265 g/mol. The maximum Gasteiger partial charge on any atom is 0.322 e. The number of hydrogen-bond donors (Lipinski definition) is 2. The molecule has 1 aromatic heterocycles. The lowest BCUT2D eigenvalue weighted by Gasteiger charge is -2.30. The van der Waals surface area contributed by atoms with Crippen LogP contribution in [-0.4, -0.2) is 46.8 Å². The molecule has 1 aliphatic rings. The van der Waals surface area contributed by atoms with E-state index in [1.165, 1.54) is 0 Å². The molecule has 1 fully saturated rings. The Hall–Kier alpha value is -1.82. The number of aliphatic hydroxyl groups is 1. The molecule has 104 valence electrons. The SMILES string of the molecule is CCOc1ncccc1NC(=O)N1CCC[C@H](O)C1. The molecule has 0 bridgehead atoms. The minimum Gasteiger partial charge on any atom is -0.476 e. The largest absolute Gasteiger partial charge is 0.476 e. The van der Waals surface area contributed by atoms with Gasteiger partial charge in [-0.05, 0) is 31.9 Å². The third-order valence-corrected chi connectivity index (χ3v) is 2.98. The number of anilines is 1. The van der Waals surface area contributed by atoms with Crippen molar-refractivity contribution >= 4 is 11.7 Å². The second kappa shape index (κ2) is 6.38. The molecule has 6 nitrogen and oxygen atoms in total. The molecule has 0 aliphatic carbocycles. The zero-order valence-electron chi connectivity index (χ0n) is 11.0. The highest BCUT2D eigenvalue weighted by atomic mass is 16.5. The number of piperidine rings is 1. The second-order valence-electron chi connectivity index (χ2n) is 4.46. The van der Waals surface area contributed by atoms with E-state index in [1.807, 2.05) is 6.92 Å². The number of carbonyl (C=O) groups excluding carboxylic acids is 1.